The molecule has 158 valence electrons. The predicted octanol–water partition coefficient (Wildman–Crippen LogP) is 2.14. The number of nitrogens with zero attached hydrogens (tertiary/aromatic N) is 6. The molecule has 0 unspecified atom stereocenters. The zero-order valence-corrected chi connectivity index (χ0v) is 17.1. The molecule has 12 heteroatoms. The van der Waals surface area contributed by atoms with Crippen LogP contribution in [0.25, 0.3) is 22.7 Å². The first-order valence-electron chi connectivity index (χ1n) is 9.80. The third-order valence-corrected chi connectivity index (χ3v) is 4.97. The highest BCUT2D eigenvalue weighted by molar-refractivity contribution is 6.28. The van der Waals surface area contributed by atoms with Crippen LogP contribution in [0.3, 0.4) is 0 Å². The Balaban J connectivity index is 1.47. The Morgan fingerprint density at radius 2 is 1.97 bits per heavy atom. The summed E-state index contributed by atoms with van der Waals surface area (Å²) >= 11 is 5.94. The second-order valence-corrected chi connectivity index (χ2v) is 7.26. The summed E-state index contributed by atoms with van der Waals surface area (Å²) in [7, 11) is 0. The Bertz CT molecular complexity index is 1250. The molecule has 2 N–H and O–H groups in total. The number of rotatable bonds is 9. The summed E-state index contributed by atoms with van der Waals surface area (Å²) in [5.74, 6) is 0.902. The molecule has 30 heavy (non-hydrogen) atoms. The van der Waals surface area contributed by atoms with Gasteiger partial charge >= 0.3 is 5.69 Å². The van der Waals surface area contributed by atoms with Crippen molar-refractivity contribution in [3.05, 3.63) is 44.2 Å². The molecule has 4 rings (SSSR count). The number of H-pyrrole nitrogens is 2. The highest BCUT2D eigenvalue weighted by Crippen LogP contribution is 2.14. The topological polar surface area (TPSA) is 140 Å². The first-order valence-corrected chi connectivity index (χ1v) is 10.2. The maximum atomic E-state index is 12.9. The molecule has 11 nitrogen and oxygen atoms in total. The van der Waals surface area contributed by atoms with Crippen LogP contribution < -0.4 is 11.2 Å². The van der Waals surface area contributed by atoms with Crippen LogP contribution in [0.15, 0.2) is 26.4 Å². The molecular weight excluding hydrogens is 412 g/mol. The van der Waals surface area contributed by atoms with Crippen LogP contribution in [0.1, 0.15) is 38.4 Å². The lowest BCUT2D eigenvalue weighted by Gasteiger charge is -2.10. The zero-order chi connectivity index (χ0) is 21.1. The van der Waals surface area contributed by atoms with Gasteiger partial charge in [-0.25, -0.2) is 4.79 Å². The van der Waals surface area contributed by atoms with E-state index in [1.165, 1.54) is 9.13 Å². The molecule has 4 aromatic heterocycles. The molecule has 0 atom stereocenters. The number of fused-ring (bicyclic) bond motifs is 1. The van der Waals surface area contributed by atoms with Crippen molar-refractivity contribution in [3.8, 4) is 11.6 Å². The SMILES string of the molecule is CCCCn1c(=O)n(CCCCc2noc(-c3cc[nH]n3)n2)c(=O)c2[nH]c(Cl)nc21. The van der Waals surface area contributed by atoms with Crippen molar-refractivity contribution in [3.63, 3.8) is 0 Å². The second kappa shape index (κ2) is 8.66. The number of hydrogen-bond acceptors (Lipinski definition) is 7. The van der Waals surface area contributed by atoms with Crippen molar-refractivity contribution >= 4 is 22.8 Å². The summed E-state index contributed by atoms with van der Waals surface area (Å²) in [6.07, 6.45) is 5.23. The van der Waals surface area contributed by atoms with Gasteiger partial charge in [-0.3, -0.25) is 19.0 Å². The van der Waals surface area contributed by atoms with Crippen LogP contribution in [-0.4, -0.2) is 39.4 Å². The van der Waals surface area contributed by atoms with Gasteiger partial charge < -0.3 is 9.51 Å². The van der Waals surface area contributed by atoms with Gasteiger partial charge in [0.05, 0.1) is 0 Å². The van der Waals surface area contributed by atoms with Crippen LogP contribution in [0.2, 0.25) is 5.28 Å². The summed E-state index contributed by atoms with van der Waals surface area (Å²) in [6.45, 7) is 2.79. The minimum Gasteiger partial charge on any atom is -0.332 e. The van der Waals surface area contributed by atoms with Gasteiger partial charge in [-0.2, -0.15) is 15.1 Å². The van der Waals surface area contributed by atoms with E-state index >= 15 is 0 Å². The smallest absolute Gasteiger partial charge is 0.332 e. The molecule has 0 aliphatic rings. The van der Waals surface area contributed by atoms with Crippen LogP contribution in [-0.2, 0) is 19.5 Å². The Kier molecular flexibility index (Phi) is 5.79. The normalized spacial score (nSPS) is 11.5. The van der Waals surface area contributed by atoms with Gasteiger partial charge in [0, 0.05) is 25.7 Å². The van der Waals surface area contributed by atoms with E-state index in [1.807, 2.05) is 6.92 Å². The van der Waals surface area contributed by atoms with Gasteiger partial charge in [-0.15, -0.1) is 0 Å². The molecule has 0 saturated heterocycles. The van der Waals surface area contributed by atoms with Crippen molar-refractivity contribution in [1.29, 1.82) is 0 Å². The average molecular weight is 433 g/mol. The predicted molar refractivity (Wildman–Crippen MR) is 109 cm³/mol. The summed E-state index contributed by atoms with van der Waals surface area (Å²) < 4.78 is 7.94. The quantitative estimate of drug-likeness (QED) is 0.305. The van der Waals surface area contributed by atoms with Crippen molar-refractivity contribution in [2.45, 2.75) is 52.1 Å². The summed E-state index contributed by atoms with van der Waals surface area (Å²) in [5.41, 5.74) is 0.349. The van der Waals surface area contributed by atoms with Crippen LogP contribution in [0.4, 0.5) is 0 Å². The van der Waals surface area contributed by atoms with E-state index in [0.29, 0.717) is 48.9 Å². The van der Waals surface area contributed by atoms with E-state index in [4.69, 9.17) is 16.1 Å². The fourth-order valence-electron chi connectivity index (χ4n) is 3.25. The van der Waals surface area contributed by atoms with Crippen molar-refractivity contribution < 1.29 is 4.52 Å². The molecule has 0 aliphatic carbocycles. The van der Waals surface area contributed by atoms with E-state index in [1.54, 1.807) is 12.3 Å². The summed E-state index contributed by atoms with van der Waals surface area (Å²) in [4.78, 5) is 36.8. The zero-order valence-electron chi connectivity index (χ0n) is 16.4. The molecule has 0 radical (unpaired) electrons. The second-order valence-electron chi connectivity index (χ2n) is 6.90. The van der Waals surface area contributed by atoms with Crippen LogP contribution in [0.5, 0.6) is 0 Å². The van der Waals surface area contributed by atoms with Crippen molar-refractivity contribution in [2.24, 2.45) is 0 Å². The standard InChI is InChI=1S/C18H21ClN8O3/c1-2-3-9-26-14-13(22-17(19)23-14)16(28)27(18(26)29)10-5-4-6-12-21-15(30-25-12)11-7-8-20-24-11/h7-8H,2-6,9-10H2,1H3,(H,20,24)(H,22,23). The van der Waals surface area contributed by atoms with Crippen LogP contribution in [0, 0.1) is 0 Å². The number of aromatic nitrogens is 8. The Morgan fingerprint density at radius 1 is 1.13 bits per heavy atom. The van der Waals surface area contributed by atoms with Crippen LogP contribution >= 0.6 is 11.6 Å². The third kappa shape index (κ3) is 3.92. The van der Waals surface area contributed by atoms with Crippen molar-refractivity contribution in [2.75, 3.05) is 0 Å². The number of nitrogens with one attached hydrogen (secondary N) is 2. The Morgan fingerprint density at radius 3 is 2.73 bits per heavy atom. The van der Waals surface area contributed by atoms with Gasteiger partial charge in [0.15, 0.2) is 17.0 Å². The average Bonchev–Trinajstić information content (AvgIpc) is 3.47. The largest absolute Gasteiger partial charge is 0.332 e. The molecule has 0 amide bonds. The van der Waals surface area contributed by atoms with Gasteiger partial charge in [0.2, 0.25) is 5.28 Å². The van der Waals surface area contributed by atoms with E-state index in [9.17, 15) is 9.59 Å². The molecule has 0 aromatic carbocycles. The van der Waals surface area contributed by atoms with Gasteiger partial charge in [-0.05, 0) is 36.9 Å². The Hall–Kier alpha value is -3.21. The molecule has 0 spiro atoms. The molecule has 4 aromatic rings. The molecule has 0 aliphatic heterocycles. The van der Waals surface area contributed by atoms with Gasteiger partial charge in [0.1, 0.15) is 5.69 Å². The fraction of sp³-hybridized carbons (Fsp3) is 0.444. The molecule has 4 heterocycles. The monoisotopic (exact) mass is 432 g/mol. The Labute approximate surface area is 175 Å². The molecule has 0 saturated carbocycles. The molecule has 0 fully saturated rings. The first-order chi connectivity index (χ1) is 14.6. The van der Waals surface area contributed by atoms with E-state index < -0.39 is 5.56 Å². The van der Waals surface area contributed by atoms with Gasteiger partial charge in [-0.1, -0.05) is 18.5 Å². The lowest BCUT2D eigenvalue weighted by molar-refractivity contribution is 0.419. The maximum absolute atomic E-state index is 12.9. The summed E-state index contributed by atoms with van der Waals surface area (Å²) in [6, 6.07) is 1.74. The van der Waals surface area contributed by atoms with E-state index in [-0.39, 0.29) is 23.0 Å². The maximum Gasteiger partial charge on any atom is 0.332 e. The third-order valence-electron chi connectivity index (χ3n) is 4.79. The minimum atomic E-state index is -0.414. The number of unbranched alkanes of at least 4 members (excludes halogenated alkanes) is 2. The van der Waals surface area contributed by atoms with Crippen molar-refractivity contribution in [1.82, 2.24) is 39.4 Å². The number of aryl methyl sites for hydroxylation is 2. The lowest BCUT2D eigenvalue weighted by atomic mass is 10.2. The highest BCUT2D eigenvalue weighted by atomic mass is 35.5. The number of aromatic amines is 2. The summed E-state index contributed by atoms with van der Waals surface area (Å²) in [5, 5.41) is 10.7. The fourth-order valence-corrected chi connectivity index (χ4v) is 3.42. The molecular formula is C18H21ClN8O3. The number of imidazole rings is 1. The lowest BCUT2D eigenvalue weighted by Crippen LogP contribution is -2.40. The minimum absolute atomic E-state index is 0.0920. The van der Waals surface area contributed by atoms with E-state index in [0.717, 1.165) is 12.8 Å². The number of hydrogen-bond donors (Lipinski definition) is 2. The number of halogens is 1. The molecule has 0 bridgehead atoms. The first kappa shape index (κ1) is 20.1. The van der Waals surface area contributed by atoms with E-state index in [2.05, 4.69) is 30.3 Å². The van der Waals surface area contributed by atoms with Gasteiger partial charge in [0.25, 0.3) is 11.4 Å². The highest BCUT2D eigenvalue weighted by Gasteiger charge is 2.17.